The molecule has 10 heteroatoms. The van der Waals surface area contributed by atoms with Gasteiger partial charge in [-0.05, 0) is 49.2 Å². The Morgan fingerprint density at radius 1 is 1.06 bits per heavy atom. The molecule has 6 nitrogen and oxygen atoms in total. The molecule has 1 aromatic heterocycles. The molecule has 0 fully saturated rings. The summed E-state index contributed by atoms with van der Waals surface area (Å²) in [5.41, 5.74) is 1.28. The predicted molar refractivity (Wildman–Crippen MR) is 111 cm³/mol. The van der Waals surface area contributed by atoms with Gasteiger partial charge in [0.15, 0.2) is 23.4 Å². The fourth-order valence-corrected chi connectivity index (χ4v) is 2.98. The number of amides is 1. The van der Waals surface area contributed by atoms with Gasteiger partial charge in [-0.3, -0.25) is 4.79 Å². The van der Waals surface area contributed by atoms with Crippen molar-refractivity contribution >= 4 is 28.5 Å². The summed E-state index contributed by atoms with van der Waals surface area (Å²) < 4.78 is 53.4. The van der Waals surface area contributed by atoms with Gasteiger partial charge in [0.05, 0.1) is 5.69 Å². The summed E-state index contributed by atoms with van der Waals surface area (Å²) in [5.74, 6) is -5.15. The van der Waals surface area contributed by atoms with Crippen LogP contribution in [0.1, 0.15) is 12.5 Å². The maximum Gasteiger partial charge on any atom is 0.246 e. The first-order valence-corrected chi connectivity index (χ1v) is 9.60. The summed E-state index contributed by atoms with van der Waals surface area (Å²) in [7, 11) is 0. The van der Waals surface area contributed by atoms with Crippen LogP contribution in [0.25, 0.3) is 10.9 Å². The molecule has 0 unspecified atom stereocenters. The summed E-state index contributed by atoms with van der Waals surface area (Å²) >= 11 is 0. The molecule has 164 valence electrons. The minimum atomic E-state index is -1.66. The highest BCUT2D eigenvalue weighted by Gasteiger charge is 2.15. The summed E-state index contributed by atoms with van der Waals surface area (Å²) in [6.45, 7) is 2.46. The second kappa shape index (κ2) is 9.96. The Hall–Kier alpha value is -3.56. The topological polar surface area (TPSA) is 81.3 Å². The van der Waals surface area contributed by atoms with Crippen molar-refractivity contribution < 1.29 is 22.4 Å². The third kappa shape index (κ3) is 5.53. The Kier molecular flexibility index (Phi) is 7.11. The molecule has 4 N–H and O–H groups in total. The summed E-state index contributed by atoms with van der Waals surface area (Å²) in [4.78, 5) is 19.2. The van der Waals surface area contributed by atoms with Crippen LogP contribution in [-0.4, -0.2) is 36.5 Å². The lowest BCUT2D eigenvalue weighted by molar-refractivity contribution is -0.114. The van der Waals surface area contributed by atoms with Crippen LogP contribution >= 0.6 is 0 Å². The molecule has 0 aliphatic carbocycles. The Morgan fingerprint density at radius 2 is 1.87 bits per heavy atom. The molecule has 31 heavy (non-hydrogen) atoms. The summed E-state index contributed by atoms with van der Waals surface area (Å²) in [6.07, 6.45) is 2.37. The number of aromatic amines is 1. The number of hydrogen-bond donors (Lipinski definition) is 4. The molecule has 3 rings (SSSR count). The van der Waals surface area contributed by atoms with Crippen molar-refractivity contribution in [2.24, 2.45) is 4.99 Å². The number of halogens is 4. The van der Waals surface area contributed by atoms with Crippen molar-refractivity contribution in [3.63, 3.8) is 0 Å². The van der Waals surface area contributed by atoms with Crippen LogP contribution < -0.4 is 16.0 Å². The Bertz CT molecular complexity index is 1110. The number of rotatable bonds is 7. The van der Waals surface area contributed by atoms with Crippen molar-refractivity contribution in [1.29, 1.82) is 0 Å². The lowest BCUT2D eigenvalue weighted by Crippen LogP contribution is -2.39. The van der Waals surface area contributed by atoms with E-state index in [-0.39, 0.29) is 12.4 Å². The Morgan fingerprint density at radius 3 is 2.65 bits per heavy atom. The van der Waals surface area contributed by atoms with E-state index in [1.165, 1.54) is 12.1 Å². The van der Waals surface area contributed by atoms with Crippen LogP contribution in [0.3, 0.4) is 0 Å². The Balaban J connectivity index is 1.57. The molecule has 0 saturated heterocycles. The zero-order valence-electron chi connectivity index (χ0n) is 16.7. The van der Waals surface area contributed by atoms with E-state index in [9.17, 15) is 22.4 Å². The average Bonchev–Trinajstić information content (AvgIpc) is 3.14. The Labute approximate surface area is 175 Å². The van der Waals surface area contributed by atoms with Crippen molar-refractivity contribution in [2.75, 3.05) is 25.0 Å². The second-order valence-corrected chi connectivity index (χ2v) is 6.65. The molecule has 1 amide bonds. The molecule has 0 bridgehead atoms. The molecule has 1 heterocycles. The monoisotopic (exact) mass is 435 g/mol. The summed E-state index contributed by atoms with van der Waals surface area (Å²) in [5, 5.41) is 8.96. The van der Waals surface area contributed by atoms with Gasteiger partial charge >= 0.3 is 0 Å². The number of carbonyl (C=O) groups excluding carboxylic acids is 1. The highest BCUT2D eigenvalue weighted by atomic mass is 19.2. The first-order valence-electron chi connectivity index (χ1n) is 9.60. The van der Waals surface area contributed by atoms with E-state index in [4.69, 9.17) is 0 Å². The van der Waals surface area contributed by atoms with Crippen molar-refractivity contribution in [1.82, 2.24) is 15.6 Å². The number of H-pyrrole nitrogens is 1. The molecular formula is C21H21F4N5O. The van der Waals surface area contributed by atoms with Gasteiger partial charge in [0.25, 0.3) is 0 Å². The van der Waals surface area contributed by atoms with E-state index in [0.29, 0.717) is 25.5 Å². The first kappa shape index (κ1) is 22.1. The normalized spacial score (nSPS) is 11.6. The quantitative estimate of drug-likeness (QED) is 0.199. The summed E-state index contributed by atoms with van der Waals surface area (Å²) in [6, 6.07) is 6.17. The van der Waals surface area contributed by atoms with Crippen LogP contribution in [0.5, 0.6) is 0 Å². The van der Waals surface area contributed by atoms with Crippen molar-refractivity contribution in [2.45, 2.75) is 13.3 Å². The van der Waals surface area contributed by atoms with Crippen LogP contribution in [0.2, 0.25) is 0 Å². The predicted octanol–water partition coefficient (Wildman–Crippen LogP) is 3.46. The van der Waals surface area contributed by atoms with E-state index in [2.05, 4.69) is 25.9 Å². The van der Waals surface area contributed by atoms with E-state index < -0.39 is 29.0 Å². The molecule has 0 spiro atoms. The zero-order chi connectivity index (χ0) is 22.4. The van der Waals surface area contributed by atoms with Gasteiger partial charge in [-0.15, -0.1) is 0 Å². The molecule has 0 atom stereocenters. The van der Waals surface area contributed by atoms with Gasteiger partial charge in [0.1, 0.15) is 12.4 Å². The van der Waals surface area contributed by atoms with E-state index in [1.54, 1.807) is 12.3 Å². The van der Waals surface area contributed by atoms with Gasteiger partial charge in [-0.25, -0.2) is 22.6 Å². The maximum atomic E-state index is 13.7. The average molecular weight is 435 g/mol. The van der Waals surface area contributed by atoms with E-state index >= 15 is 0 Å². The standard InChI is InChI=1S/C21H21F4N5O/c1-2-26-21(27-8-7-12-10-28-16-5-3-13(22)9-14(12)16)29-11-18(31)30-17-6-4-15(23)19(24)20(17)25/h3-6,9-10,28H,2,7-8,11H2,1H3,(H,30,31)(H2,26,27,29). The zero-order valence-corrected chi connectivity index (χ0v) is 16.7. The number of carbonyl (C=O) groups is 1. The van der Waals surface area contributed by atoms with Gasteiger partial charge in [-0.2, -0.15) is 0 Å². The molecule has 0 radical (unpaired) electrons. The smallest absolute Gasteiger partial charge is 0.246 e. The van der Waals surface area contributed by atoms with E-state index in [0.717, 1.165) is 28.6 Å². The van der Waals surface area contributed by atoms with Crippen LogP contribution in [0, 0.1) is 23.3 Å². The third-order valence-corrected chi connectivity index (χ3v) is 4.45. The number of nitrogens with one attached hydrogen (secondary N) is 4. The van der Waals surface area contributed by atoms with Gasteiger partial charge in [-0.1, -0.05) is 0 Å². The third-order valence-electron chi connectivity index (χ3n) is 4.45. The fourth-order valence-electron chi connectivity index (χ4n) is 2.98. The molecule has 2 aromatic carbocycles. The lowest BCUT2D eigenvalue weighted by atomic mass is 10.1. The maximum absolute atomic E-state index is 13.7. The van der Waals surface area contributed by atoms with Crippen LogP contribution in [0.15, 0.2) is 41.5 Å². The van der Waals surface area contributed by atoms with Crippen LogP contribution in [-0.2, 0) is 11.2 Å². The minimum absolute atomic E-state index is 0.320. The van der Waals surface area contributed by atoms with Gasteiger partial charge in [0.2, 0.25) is 5.91 Å². The van der Waals surface area contributed by atoms with Crippen LogP contribution in [0.4, 0.5) is 23.2 Å². The SMILES string of the molecule is CCNC(=NCC(=O)Nc1ccc(F)c(F)c1F)NCCc1c[nH]c2ccc(F)cc12. The lowest BCUT2D eigenvalue weighted by Gasteiger charge is -2.11. The molecule has 0 saturated carbocycles. The number of fused-ring (bicyclic) bond motifs is 1. The van der Waals surface area contributed by atoms with Crippen molar-refractivity contribution in [3.05, 3.63) is 65.4 Å². The fraction of sp³-hybridized carbons (Fsp3) is 0.238. The number of hydrogen-bond acceptors (Lipinski definition) is 2. The number of nitrogens with zero attached hydrogens (tertiary/aromatic N) is 1. The highest BCUT2D eigenvalue weighted by molar-refractivity contribution is 5.94. The molecule has 0 aliphatic heterocycles. The van der Waals surface area contributed by atoms with Gasteiger partial charge in [0, 0.05) is 30.2 Å². The molecule has 0 aliphatic rings. The first-order chi connectivity index (χ1) is 14.9. The molecule has 3 aromatic rings. The largest absolute Gasteiger partial charge is 0.361 e. The number of aliphatic imine (C=N–C) groups is 1. The number of anilines is 1. The number of benzene rings is 2. The van der Waals surface area contributed by atoms with Gasteiger partial charge < -0.3 is 20.9 Å². The number of guanidine groups is 1. The second-order valence-electron chi connectivity index (χ2n) is 6.65. The minimum Gasteiger partial charge on any atom is -0.361 e. The van der Waals surface area contributed by atoms with E-state index in [1.807, 2.05) is 6.92 Å². The highest BCUT2D eigenvalue weighted by Crippen LogP contribution is 2.20. The van der Waals surface area contributed by atoms with Crippen molar-refractivity contribution in [3.8, 4) is 0 Å². The number of aromatic nitrogens is 1. The molecular weight excluding hydrogens is 414 g/mol.